The normalized spacial score (nSPS) is 19.1. The lowest BCUT2D eigenvalue weighted by atomic mass is 9.99. The molecular weight excluding hydrogens is 720 g/mol. The minimum Gasteiger partial charge on any atom is -0.453 e. The molecule has 6 unspecified atom stereocenters. The molecule has 2 fully saturated rings. The average Bonchev–Trinajstić information content (AvgIpc) is 4.03. The predicted octanol–water partition coefficient (Wildman–Crippen LogP) is 4.31. The Kier molecular flexibility index (Phi) is 10.9. The van der Waals surface area contributed by atoms with Crippen LogP contribution in [0.25, 0.3) is 44.2 Å². The van der Waals surface area contributed by atoms with Gasteiger partial charge in [0.15, 0.2) is 0 Å². The molecular formula is C40H46N8O8. The molecule has 0 aliphatic carbocycles. The summed E-state index contributed by atoms with van der Waals surface area (Å²) in [5, 5.41) is 27.5. The molecule has 0 radical (unpaired) electrons. The van der Waals surface area contributed by atoms with Crippen molar-refractivity contribution < 1.29 is 38.9 Å². The molecule has 4 heterocycles. The number of alkyl carbamates (subject to hydrolysis) is 2. The van der Waals surface area contributed by atoms with Crippen molar-refractivity contribution in [2.45, 2.75) is 75.9 Å². The monoisotopic (exact) mass is 766 g/mol. The number of methoxy groups -OCH3 is 2. The number of ether oxygens (including phenoxy) is 2. The number of rotatable bonds is 10. The van der Waals surface area contributed by atoms with E-state index in [4.69, 9.17) is 4.98 Å². The van der Waals surface area contributed by atoms with Gasteiger partial charge in [0.05, 0.1) is 61.4 Å². The summed E-state index contributed by atoms with van der Waals surface area (Å²) in [6.07, 6.45) is 0.836. The lowest BCUT2D eigenvalue weighted by molar-refractivity contribution is -0.137. The third kappa shape index (κ3) is 7.62. The molecule has 2 aliphatic rings. The van der Waals surface area contributed by atoms with Gasteiger partial charge < -0.3 is 50.1 Å². The number of aliphatic hydroxyl groups is 2. The highest BCUT2D eigenvalue weighted by molar-refractivity contribution is 5.92. The molecule has 3 aromatic carbocycles. The minimum absolute atomic E-state index is 0.333. The number of aromatic amines is 2. The Labute approximate surface area is 322 Å². The number of aliphatic hydroxyl groups excluding tert-OH is 2. The van der Waals surface area contributed by atoms with E-state index < -0.39 is 48.3 Å². The van der Waals surface area contributed by atoms with Crippen LogP contribution < -0.4 is 10.6 Å². The first-order chi connectivity index (χ1) is 26.9. The van der Waals surface area contributed by atoms with Crippen LogP contribution in [0, 0.1) is 0 Å². The molecule has 6 atom stereocenters. The van der Waals surface area contributed by atoms with Crippen molar-refractivity contribution in [1.82, 2.24) is 40.4 Å². The van der Waals surface area contributed by atoms with Crippen molar-refractivity contribution >= 4 is 45.8 Å². The topological polar surface area (TPSA) is 215 Å². The number of fused-ring (bicyclic) bond motifs is 2. The van der Waals surface area contributed by atoms with E-state index >= 15 is 0 Å². The fourth-order valence-electron chi connectivity index (χ4n) is 7.75. The van der Waals surface area contributed by atoms with Crippen molar-refractivity contribution in [3.63, 3.8) is 0 Å². The first-order valence-electron chi connectivity index (χ1n) is 18.7. The number of nitrogens with one attached hydrogen (secondary N) is 4. The summed E-state index contributed by atoms with van der Waals surface area (Å²) < 4.78 is 9.30. The quantitative estimate of drug-likeness (QED) is 0.118. The number of imidazole rings is 2. The number of H-pyrrole nitrogens is 2. The maximum atomic E-state index is 13.5. The van der Waals surface area contributed by atoms with Crippen LogP contribution in [-0.4, -0.2) is 116 Å². The van der Waals surface area contributed by atoms with Gasteiger partial charge >= 0.3 is 12.2 Å². The van der Waals surface area contributed by atoms with Gasteiger partial charge in [-0.2, -0.15) is 0 Å². The summed E-state index contributed by atoms with van der Waals surface area (Å²) in [4.78, 5) is 70.2. The Bertz CT molecular complexity index is 2270. The van der Waals surface area contributed by atoms with Crippen LogP contribution >= 0.6 is 0 Å². The van der Waals surface area contributed by atoms with Gasteiger partial charge in [0.2, 0.25) is 11.8 Å². The van der Waals surface area contributed by atoms with Crippen LogP contribution in [0.3, 0.4) is 0 Å². The van der Waals surface area contributed by atoms with Gasteiger partial charge in [-0.1, -0.05) is 30.3 Å². The number of likely N-dealkylation sites (tertiary alicyclic amines) is 2. The Morgan fingerprint density at radius 1 is 0.732 bits per heavy atom. The molecule has 4 amide bonds. The minimum atomic E-state index is -1.14. The fourth-order valence-corrected chi connectivity index (χ4v) is 7.75. The molecule has 0 saturated carbocycles. The van der Waals surface area contributed by atoms with E-state index in [-0.39, 0.29) is 12.1 Å². The van der Waals surface area contributed by atoms with E-state index in [1.54, 1.807) is 16.0 Å². The second kappa shape index (κ2) is 16.0. The van der Waals surface area contributed by atoms with Crippen molar-refractivity contribution in [3.05, 3.63) is 72.4 Å². The Balaban J connectivity index is 1.07. The molecule has 5 aromatic rings. The molecule has 0 spiro atoms. The summed E-state index contributed by atoms with van der Waals surface area (Å²) >= 11 is 0. The van der Waals surface area contributed by atoms with Gasteiger partial charge in [-0.05, 0) is 85.7 Å². The largest absolute Gasteiger partial charge is 0.453 e. The van der Waals surface area contributed by atoms with Gasteiger partial charge in [0.25, 0.3) is 0 Å². The molecule has 16 heteroatoms. The second-order valence-corrected chi connectivity index (χ2v) is 14.4. The maximum Gasteiger partial charge on any atom is 0.407 e. The molecule has 7 rings (SSSR count). The fraction of sp³-hybridized carbons (Fsp3) is 0.400. The predicted molar refractivity (Wildman–Crippen MR) is 206 cm³/mol. The number of carbonyl (C=O) groups is 4. The first-order valence-corrected chi connectivity index (χ1v) is 18.7. The smallest absolute Gasteiger partial charge is 0.407 e. The zero-order valence-corrected chi connectivity index (χ0v) is 31.6. The number of carbonyl (C=O) groups excluding carboxylic acids is 4. The van der Waals surface area contributed by atoms with Gasteiger partial charge in [-0.3, -0.25) is 9.59 Å². The summed E-state index contributed by atoms with van der Waals surface area (Å²) in [5.41, 5.74) is 5.32. The van der Waals surface area contributed by atoms with Crippen LogP contribution in [0.4, 0.5) is 9.59 Å². The van der Waals surface area contributed by atoms with Gasteiger partial charge in [0, 0.05) is 18.7 Å². The van der Waals surface area contributed by atoms with Crippen molar-refractivity contribution in [2.24, 2.45) is 0 Å². The van der Waals surface area contributed by atoms with Crippen LogP contribution in [-0.2, 0) is 19.1 Å². The highest BCUT2D eigenvalue weighted by atomic mass is 16.5. The summed E-state index contributed by atoms with van der Waals surface area (Å²) in [5.74, 6) is 0.481. The zero-order valence-electron chi connectivity index (χ0n) is 31.6. The van der Waals surface area contributed by atoms with Gasteiger partial charge in [-0.15, -0.1) is 0 Å². The summed E-state index contributed by atoms with van der Waals surface area (Å²) in [7, 11) is 2.41. The van der Waals surface area contributed by atoms with E-state index in [0.717, 1.165) is 57.0 Å². The van der Waals surface area contributed by atoms with E-state index in [9.17, 15) is 29.4 Å². The van der Waals surface area contributed by atoms with E-state index in [0.29, 0.717) is 37.6 Å². The Hall–Kier alpha value is -6.00. The van der Waals surface area contributed by atoms with Crippen LogP contribution in [0.15, 0.2) is 60.8 Å². The van der Waals surface area contributed by atoms with Crippen LogP contribution in [0.2, 0.25) is 0 Å². The van der Waals surface area contributed by atoms with E-state index in [1.165, 1.54) is 28.1 Å². The lowest BCUT2D eigenvalue weighted by Gasteiger charge is -2.29. The van der Waals surface area contributed by atoms with Gasteiger partial charge in [-0.25, -0.2) is 19.6 Å². The molecule has 56 heavy (non-hydrogen) atoms. The number of nitrogens with zero attached hydrogens (tertiary/aromatic N) is 4. The van der Waals surface area contributed by atoms with E-state index in [2.05, 4.69) is 65.4 Å². The molecule has 2 saturated heterocycles. The SMILES string of the molecule is COC(=O)NC(C(=O)N1CCCC1c1ncc(-c2ccc3cc(-c4ccc5nc(C6CCCN6C(=O)C(NC(=O)OC)C(C)O)[nH]c5c4)ccc3c2)[nH]1)C(C)O. The Morgan fingerprint density at radius 3 is 1.82 bits per heavy atom. The molecule has 2 aromatic heterocycles. The highest BCUT2D eigenvalue weighted by Gasteiger charge is 2.39. The third-order valence-electron chi connectivity index (χ3n) is 10.7. The van der Waals surface area contributed by atoms with E-state index in [1.807, 2.05) is 24.3 Å². The number of hydrogen-bond acceptors (Lipinski definition) is 10. The standard InChI is InChI=1S/C40H46N8O8/c1-21(49)33(45-39(53)55-3)37(51)47-15-5-7-31(47)35-41-20-30(44-35)27-12-11-23-17-24(9-10-25(23)18-27)26-13-14-28-29(19-26)43-36(42-28)32-8-6-16-48(32)38(52)34(22(2)50)46-40(54)56-4/h9-14,17-22,31-34,49-50H,5-8,15-16H2,1-4H3,(H,41,44)(H,42,43)(H,45,53)(H,46,54). The van der Waals surface area contributed by atoms with Gasteiger partial charge in [0.1, 0.15) is 23.7 Å². The molecule has 294 valence electrons. The lowest BCUT2D eigenvalue weighted by Crippen LogP contribution is -2.53. The Morgan fingerprint density at radius 2 is 1.25 bits per heavy atom. The second-order valence-electron chi connectivity index (χ2n) is 14.4. The van der Waals surface area contributed by atoms with Crippen molar-refractivity contribution in [2.75, 3.05) is 27.3 Å². The molecule has 6 N–H and O–H groups in total. The molecule has 16 nitrogen and oxygen atoms in total. The first kappa shape index (κ1) is 38.3. The summed E-state index contributed by atoms with van der Waals surface area (Å²) in [6.45, 7) is 3.85. The third-order valence-corrected chi connectivity index (χ3v) is 10.7. The molecule has 2 aliphatic heterocycles. The molecule has 0 bridgehead atoms. The van der Waals surface area contributed by atoms with Crippen molar-refractivity contribution in [1.29, 1.82) is 0 Å². The zero-order chi connectivity index (χ0) is 39.7. The number of aromatic nitrogens is 4. The van der Waals surface area contributed by atoms with Crippen LogP contribution in [0.1, 0.15) is 63.3 Å². The van der Waals surface area contributed by atoms with Crippen molar-refractivity contribution in [3.8, 4) is 22.4 Å². The number of amides is 4. The number of benzene rings is 3. The number of hydrogen-bond donors (Lipinski definition) is 6. The maximum absolute atomic E-state index is 13.5. The highest BCUT2D eigenvalue weighted by Crippen LogP contribution is 2.35. The summed E-state index contributed by atoms with van der Waals surface area (Å²) in [6, 6.07) is 15.5. The average molecular weight is 767 g/mol. The van der Waals surface area contributed by atoms with Crippen LogP contribution in [0.5, 0.6) is 0 Å².